The number of benzene rings is 1. The average molecular weight is 279 g/mol. The van der Waals surface area contributed by atoms with Gasteiger partial charge >= 0.3 is 29.6 Å². The van der Waals surface area contributed by atoms with Crippen LogP contribution in [0.25, 0.3) is 0 Å². The number of aliphatic hydroxyl groups is 1. The van der Waals surface area contributed by atoms with Crippen molar-refractivity contribution < 1.29 is 47.6 Å². The summed E-state index contributed by atoms with van der Waals surface area (Å²) >= 11 is 11.2. The number of hydrogen-bond donors (Lipinski definition) is 1. The van der Waals surface area contributed by atoms with Crippen molar-refractivity contribution in [3.8, 4) is 0 Å². The van der Waals surface area contributed by atoms with Crippen LogP contribution < -0.4 is 29.6 Å². The Morgan fingerprint density at radius 2 is 1.87 bits per heavy atom. The fourth-order valence-electron chi connectivity index (χ4n) is 0.867. The molecule has 0 aromatic heterocycles. The Labute approximate surface area is 119 Å². The van der Waals surface area contributed by atoms with Crippen molar-refractivity contribution in [2.24, 2.45) is 0 Å². The molecule has 1 aromatic carbocycles. The van der Waals surface area contributed by atoms with Gasteiger partial charge in [0.25, 0.3) is 0 Å². The third-order valence-corrected chi connectivity index (χ3v) is 3.16. The van der Waals surface area contributed by atoms with Crippen LogP contribution >= 0.6 is 23.2 Å². The van der Waals surface area contributed by atoms with Crippen LogP contribution in [-0.2, 0) is 10.1 Å². The summed E-state index contributed by atoms with van der Waals surface area (Å²) in [5.41, 5.74) is -2.40. The Balaban J connectivity index is 0.00000196. The molecule has 8 heteroatoms. The molecule has 0 aliphatic heterocycles. The van der Waals surface area contributed by atoms with Gasteiger partial charge in [0.05, 0.1) is 10.0 Å². The predicted octanol–water partition coefficient (Wildman–Crippen LogP) is -1.47. The molecule has 0 amide bonds. The molecule has 0 radical (unpaired) electrons. The quantitative estimate of drug-likeness (QED) is 0.530. The zero-order chi connectivity index (χ0) is 10.9. The maximum Gasteiger partial charge on any atom is 1.00 e. The van der Waals surface area contributed by atoms with Gasteiger partial charge in [0.1, 0.15) is 10.1 Å². The molecule has 0 saturated heterocycles. The Hall–Kier alpha value is 0.670. The van der Waals surface area contributed by atoms with Crippen LogP contribution in [0.5, 0.6) is 0 Å². The predicted molar refractivity (Wildman–Crippen MR) is 51.1 cm³/mol. The maximum atomic E-state index is 10.5. The Morgan fingerprint density at radius 1 is 1.33 bits per heavy atom. The SMILES string of the molecule is O=S(=O)([O-])C(O)c1cccc(Cl)c1Cl.[Na+]. The van der Waals surface area contributed by atoms with Crippen LogP contribution in [0.3, 0.4) is 0 Å². The second-order valence-electron chi connectivity index (χ2n) is 2.49. The van der Waals surface area contributed by atoms with Crippen molar-refractivity contribution in [3.63, 3.8) is 0 Å². The molecule has 0 fully saturated rings. The molecule has 0 aliphatic rings. The smallest absolute Gasteiger partial charge is 0.746 e. The van der Waals surface area contributed by atoms with Crippen molar-refractivity contribution in [1.82, 2.24) is 0 Å². The van der Waals surface area contributed by atoms with Crippen LogP contribution in [0.4, 0.5) is 0 Å². The Bertz CT molecular complexity index is 448. The maximum absolute atomic E-state index is 10.5. The monoisotopic (exact) mass is 278 g/mol. The van der Waals surface area contributed by atoms with Crippen LogP contribution in [0, 0.1) is 0 Å². The van der Waals surface area contributed by atoms with E-state index in [1.807, 2.05) is 0 Å². The number of halogens is 2. The average Bonchev–Trinajstić information content (AvgIpc) is 2.07. The Morgan fingerprint density at radius 3 is 2.33 bits per heavy atom. The summed E-state index contributed by atoms with van der Waals surface area (Å²) in [4.78, 5) is 0. The largest absolute Gasteiger partial charge is 1.00 e. The third-order valence-electron chi connectivity index (χ3n) is 1.52. The van der Waals surface area contributed by atoms with Crippen molar-refractivity contribution in [1.29, 1.82) is 0 Å². The second kappa shape index (κ2) is 5.84. The van der Waals surface area contributed by atoms with Gasteiger partial charge in [0, 0.05) is 5.56 Å². The third kappa shape index (κ3) is 3.87. The van der Waals surface area contributed by atoms with E-state index in [2.05, 4.69) is 0 Å². The van der Waals surface area contributed by atoms with Crippen LogP contribution in [-0.4, -0.2) is 18.1 Å². The Kier molecular flexibility index (Phi) is 6.10. The van der Waals surface area contributed by atoms with Gasteiger partial charge in [-0.2, -0.15) is 0 Å². The fourth-order valence-corrected chi connectivity index (χ4v) is 1.85. The summed E-state index contributed by atoms with van der Waals surface area (Å²) in [6.07, 6.45) is 0. The summed E-state index contributed by atoms with van der Waals surface area (Å²) in [6, 6.07) is 4.02. The number of hydrogen-bond acceptors (Lipinski definition) is 4. The van der Waals surface area contributed by atoms with E-state index < -0.39 is 15.6 Å². The van der Waals surface area contributed by atoms with Gasteiger partial charge in [0.15, 0.2) is 5.44 Å². The minimum atomic E-state index is -4.83. The molecule has 78 valence electrons. The topological polar surface area (TPSA) is 77.4 Å². The molecular weight excluding hydrogens is 274 g/mol. The van der Waals surface area contributed by atoms with E-state index in [4.69, 9.17) is 28.3 Å². The first-order valence-corrected chi connectivity index (χ1v) is 5.63. The van der Waals surface area contributed by atoms with Gasteiger partial charge < -0.3 is 9.66 Å². The molecule has 1 rings (SSSR count). The molecule has 1 aromatic rings. The molecule has 0 bridgehead atoms. The molecular formula is C7H5Cl2NaO4S. The summed E-state index contributed by atoms with van der Waals surface area (Å²) in [6.45, 7) is 0. The van der Waals surface area contributed by atoms with Crippen LogP contribution in [0.15, 0.2) is 18.2 Å². The minimum Gasteiger partial charge on any atom is -0.746 e. The summed E-state index contributed by atoms with van der Waals surface area (Å²) in [5.74, 6) is 0. The van der Waals surface area contributed by atoms with E-state index in [1.165, 1.54) is 18.2 Å². The standard InChI is InChI=1S/C7H6Cl2O4S.Na/c8-5-3-1-2-4(6(5)9)7(10)14(11,12)13;/h1-3,7,10H,(H,11,12,13);/q;+1/p-1. The molecule has 15 heavy (non-hydrogen) atoms. The van der Waals surface area contributed by atoms with Gasteiger partial charge in [-0.25, -0.2) is 8.42 Å². The van der Waals surface area contributed by atoms with E-state index in [9.17, 15) is 13.0 Å². The molecule has 0 heterocycles. The molecule has 0 spiro atoms. The van der Waals surface area contributed by atoms with Crippen molar-refractivity contribution in [2.75, 3.05) is 0 Å². The van der Waals surface area contributed by atoms with E-state index in [0.29, 0.717) is 0 Å². The van der Waals surface area contributed by atoms with E-state index in [0.717, 1.165) is 0 Å². The first-order valence-electron chi connectivity index (χ1n) is 3.40. The zero-order valence-corrected chi connectivity index (χ0v) is 12.0. The summed E-state index contributed by atoms with van der Waals surface area (Å²) in [7, 11) is -4.83. The normalized spacial score (nSPS) is 13.1. The van der Waals surface area contributed by atoms with Crippen LogP contribution in [0.1, 0.15) is 11.0 Å². The van der Waals surface area contributed by atoms with E-state index in [-0.39, 0.29) is 45.2 Å². The van der Waals surface area contributed by atoms with Gasteiger partial charge in [-0.3, -0.25) is 0 Å². The summed E-state index contributed by atoms with van der Waals surface area (Å²) in [5, 5.41) is 9.06. The van der Waals surface area contributed by atoms with Gasteiger partial charge in [0.2, 0.25) is 0 Å². The van der Waals surface area contributed by atoms with Crippen molar-refractivity contribution in [3.05, 3.63) is 33.8 Å². The molecule has 0 saturated carbocycles. The molecule has 1 atom stereocenters. The first kappa shape index (κ1) is 15.7. The summed E-state index contributed by atoms with van der Waals surface area (Å²) < 4.78 is 31.5. The molecule has 0 aliphatic carbocycles. The second-order valence-corrected chi connectivity index (χ2v) is 4.71. The molecule has 1 N–H and O–H groups in total. The molecule has 1 unspecified atom stereocenters. The van der Waals surface area contributed by atoms with E-state index in [1.54, 1.807) is 0 Å². The minimum absolute atomic E-state index is 0. The van der Waals surface area contributed by atoms with Crippen LogP contribution in [0.2, 0.25) is 10.0 Å². The number of aliphatic hydroxyl groups excluding tert-OH is 1. The number of rotatable bonds is 2. The van der Waals surface area contributed by atoms with Crippen molar-refractivity contribution >= 4 is 33.3 Å². The van der Waals surface area contributed by atoms with Gasteiger partial charge in [-0.05, 0) is 6.07 Å². The molecule has 4 nitrogen and oxygen atoms in total. The van der Waals surface area contributed by atoms with Crippen molar-refractivity contribution in [2.45, 2.75) is 5.44 Å². The van der Waals surface area contributed by atoms with Gasteiger partial charge in [-0.1, -0.05) is 35.3 Å². The van der Waals surface area contributed by atoms with E-state index >= 15 is 0 Å². The fraction of sp³-hybridized carbons (Fsp3) is 0.143. The first-order chi connectivity index (χ1) is 6.34. The zero-order valence-electron chi connectivity index (χ0n) is 7.65. The van der Waals surface area contributed by atoms with Gasteiger partial charge in [-0.15, -0.1) is 0 Å².